The highest BCUT2D eigenvalue weighted by Crippen LogP contribution is 2.33. The average Bonchev–Trinajstić information content (AvgIpc) is 2.89. The van der Waals surface area contributed by atoms with Crippen LogP contribution in [0.2, 0.25) is 0 Å². The molecule has 0 fully saturated rings. The highest BCUT2D eigenvalue weighted by Gasteiger charge is 2.38. The lowest BCUT2D eigenvalue weighted by Gasteiger charge is -2.14. The predicted molar refractivity (Wildman–Crippen MR) is 85.0 cm³/mol. The van der Waals surface area contributed by atoms with Gasteiger partial charge in [0.1, 0.15) is 5.75 Å². The molecule has 0 amide bonds. The van der Waals surface area contributed by atoms with Gasteiger partial charge in [0, 0.05) is 12.4 Å². The maximum atomic E-state index is 11.0. The Balaban J connectivity index is 2.00. The van der Waals surface area contributed by atoms with Crippen molar-refractivity contribution in [2.45, 2.75) is 19.1 Å². The van der Waals surface area contributed by atoms with Crippen LogP contribution >= 0.6 is 0 Å². The molecular formula is C14H14BN5O5. The van der Waals surface area contributed by atoms with E-state index >= 15 is 0 Å². The van der Waals surface area contributed by atoms with Crippen LogP contribution in [0.1, 0.15) is 23.7 Å². The number of hydrogen-bond acceptors (Lipinski definition) is 8. The first-order valence-corrected chi connectivity index (χ1v) is 7.31. The Bertz CT molecular complexity index is 804. The number of benzene rings is 1. The molecule has 3 rings (SSSR count). The normalized spacial score (nSPS) is 16.2. The van der Waals surface area contributed by atoms with E-state index in [9.17, 15) is 9.82 Å². The number of fused-ring (bicyclic) bond motifs is 1. The van der Waals surface area contributed by atoms with Crippen molar-refractivity contribution in [3.63, 3.8) is 0 Å². The van der Waals surface area contributed by atoms with E-state index < -0.39 is 19.2 Å². The Hall–Kier alpha value is -3.05. The van der Waals surface area contributed by atoms with Gasteiger partial charge in [-0.05, 0) is 28.7 Å². The topological polar surface area (TPSA) is 153 Å². The summed E-state index contributed by atoms with van der Waals surface area (Å²) in [6.45, 7) is 0.0860. The van der Waals surface area contributed by atoms with Gasteiger partial charge in [0.2, 0.25) is 5.88 Å². The molecule has 128 valence electrons. The molecule has 1 aromatic carbocycles. The van der Waals surface area contributed by atoms with Crippen LogP contribution in [0, 0.1) is 0 Å². The van der Waals surface area contributed by atoms with E-state index in [-0.39, 0.29) is 18.8 Å². The monoisotopic (exact) mass is 343 g/mol. The Labute approximate surface area is 142 Å². The van der Waals surface area contributed by atoms with Gasteiger partial charge in [-0.2, -0.15) is 5.11 Å². The zero-order valence-electron chi connectivity index (χ0n) is 12.9. The number of ether oxygens (including phenoxy) is 1. The molecule has 0 saturated carbocycles. The van der Waals surface area contributed by atoms with Crippen LogP contribution in [0.15, 0.2) is 41.1 Å². The molecule has 25 heavy (non-hydrogen) atoms. The molecule has 2 aromatic rings. The highest BCUT2D eigenvalue weighted by molar-refractivity contribution is 6.62. The van der Waals surface area contributed by atoms with E-state index in [4.69, 9.17) is 20.3 Å². The number of carboxylic acid groups (broad SMARTS) is 1. The minimum Gasteiger partial charge on any atom is -0.481 e. The van der Waals surface area contributed by atoms with Crippen molar-refractivity contribution in [1.82, 2.24) is 9.97 Å². The number of carbonyl (C=O) groups is 1. The van der Waals surface area contributed by atoms with E-state index in [1.165, 1.54) is 18.6 Å². The van der Waals surface area contributed by atoms with Crippen LogP contribution in [0.25, 0.3) is 0 Å². The van der Waals surface area contributed by atoms with Crippen molar-refractivity contribution < 1.29 is 24.3 Å². The number of hydrogen-bond donors (Lipinski definition) is 3. The molecule has 0 aliphatic carbocycles. The fraction of sp³-hybridized carbons (Fsp3) is 0.214. The standard InChI is InChI=1S/C14H14BN5O5/c16-20-19-6-8-3-9(24-12-7-17-1-2-18-12)4-10-14(8)11(5-13(21)22)25-15(10)23/h1-4,7,11,23H,5-6H2,(H2,16,19)(H,21,22). The van der Waals surface area contributed by atoms with Gasteiger partial charge in [0.15, 0.2) is 0 Å². The molecule has 0 saturated heterocycles. The van der Waals surface area contributed by atoms with Gasteiger partial charge in [0.05, 0.1) is 25.3 Å². The highest BCUT2D eigenvalue weighted by atomic mass is 16.5. The van der Waals surface area contributed by atoms with Gasteiger partial charge in [-0.1, -0.05) is 5.22 Å². The van der Waals surface area contributed by atoms with E-state index in [1.54, 1.807) is 12.1 Å². The number of aliphatic carboxylic acids is 1. The molecule has 1 atom stereocenters. The first kappa shape index (κ1) is 16.8. The Morgan fingerprint density at radius 2 is 2.28 bits per heavy atom. The number of rotatable bonds is 6. The van der Waals surface area contributed by atoms with Crippen molar-refractivity contribution in [3.05, 3.63) is 41.9 Å². The van der Waals surface area contributed by atoms with Crippen LogP contribution in [0.3, 0.4) is 0 Å². The summed E-state index contributed by atoms with van der Waals surface area (Å²) < 4.78 is 11.0. The summed E-state index contributed by atoms with van der Waals surface area (Å²) in [5.74, 6) is 4.66. The average molecular weight is 343 g/mol. The summed E-state index contributed by atoms with van der Waals surface area (Å²) in [7, 11) is -1.27. The molecule has 4 N–H and O–H groups in total. The zero-order valence-corrected chi connectivity index (χ0v) is 12.9. The Morgan fingerprint density at radius 3 is 2.96 bits per heavy atom. The number of carboxylic acids is 1. The van der Waals surface area contributed by atoms with Crippen LogP contribution in [0.4, 0.5) is 0 Å². The lowest BCUT2D eigenvalue weighted by atomic mass is 9.77. The molecule has 0 spiro atoms. The second kappa shape index (κ2) is 7.24. The number of nitrogens with two attached hydrogens (primary N) is 1. The summed E-state index contributed by atoms with van der Waals surface area (Å²) in [6, 6.07) is 3.22. The van der Waals surface area contributed by atoms with E-state index in [0.29, 0.717) is 22.3 Å². The largest absolute Gasteiger partial charge is 0.492 e. The second-order valence-electron chi connectivity index (χ2n) is 5.22. The molecule has 1 aliphatic heterocycles. The first-order valence-electron chi connectivity index (χ1n) is 7.31. The van der Waals surface area contributed by atoms with Crippen molar-refractivity contribution in [2.24, 2.45) is 16.2 Å². The molecule has 1 unspecified atom stereocenters. The van der Waals surface area contributed by atoms with E-state index in [1.807, 2.05) is 0 Å². The van der Waals surface area contributed by atoms with Gasteiger partial charge in [-0.25, -0.2) is 4.98 Å². The third-order valence-electron chi connectivity index (χ3n) is 3.60. The molecule has 0 radical (unpaired) electrons. The zero-order chi connectivity index (χ0) is 17.8. The molecule has 1 aliphatic rings. The molecular weight excluding hydrogens is 329 g/mol. The molecule has 0 bridgehead atoms. The van der Waals surface area contributed by atoms with E-state index in [2.05, 4.69) is 20.3 Å². The van der Waals surface area contributed by atoms with Gasteiger partial charge in [-0.3, -0.25) is 9.78 Å². The van der Waals surface area contributed by atoms with Gasteiger partial charge >= 0.3 is 13.1 Å². The number of nitrogens with zero attached hydrogens (tertiary/aromatic N) is 4. The summed E-state index contributed by atoms with van der Waals surface area (Å²) in [5, 5.41) is 26.1. The minimum absolute atomic E-state index is 0.0860. The molecule has 1 aromatic heterocycles. The lowest BCUT2D eigenvalue weighted by molar-refractivity contribution is -0.138. The predicted octanol–water partition coefficient (Wildman–Crippen LogP) is 0.328. The van der Waals surface area contributed by atoms with Crippen LogP contribution in [-0.2, 0) is 16.0 Å². The fourth-order valence-electron chi connectivity index (χ4n) is 2.68. The first-order chi connectivity index (χ1) is 12.1. The van der Waals surface area contributed by atoms with Crippen molar-refractivity contribution >= 4 is 18.6 Å². The Morgan fingerprint density at radius 1 is 1.44 bits per heavy atom. The number of aromatic nitrogens is 2. The van der Waals surface area contributed by atoms with Gasteiger partial charge in [0.25, 0.3) is 0 Å². The quantitative estimate of drug-likeness (QED) is 0.293. The van der Waals surface area contributed by atoms with Crippen LogP contribution in [-0.4, -0.2) is 33.2 Å². The van der Waals surface area contributed by atoms with Crippen molar-refractivity contribution in [2.75, 3.05) is 0 Å². The van der Waals surface area contributed by atoms with Crippen molar-refractivity contribution in [3.8, 4) is 11.6 Å². The molecule has 11 heteroatoms. The maximum absolute atomic E-state index is 11.0. The smallest absolute Gasteiger partial charge is 0.481 e. The maximum Gasteiger partial charge on any atom is 0.492 e. The third kappa shape index (κ3) is 3.73. The van der Waals surface area contributed by atoms with Gasteiger partial charge in [-0.15, -0.1) is 0 Å². The second-order valence-corrected chi connectivity index (χ2v) is 5.22. The van der Waals surface area contributed by atoms with E-state index in [0.717, 1.165) is 0 Å². The SMILES string of the molecule is NN=NCc1cc(Oc2cnccn2)cc2c1C(CC(=O)O)OB2O. The van der Waals surface area contributed by atoms with Crippen LogP contribution in [0.5, 0.6) is 11.6 Å². The van der Waals surface area contributed by atoms with Crippen LogP contribution < -0.4 is 16.0 Å². The summed E-state index contributed by atoms with van der Waals surface area (Å²) in [5.41, 5.74) is 1.55. The minimum atomic E-state index is -1.27. The molecule has 2 heterocycles. The Kier molecular flexibility index (Phi) is 4.86. The lowest BCUT2D eigenvalue weighted by Crippen LogP contribution is -2.28. The molecule has 10 nitrogen and oxygen atoms in total. The summed E-state index contributed by atoms with van der Waals surface area (Å²) >= 11 is 0. The van der Waals surface area contributed by atoms with Gasteiger partial charge < -0.3 is 25.4 Å². The third-order valence-corrected chi connectivity index (χ3v) is 3.60. The summed E-state index contributed by atoms with van der Waals surface area (Å²) in [4.78, 5) is 19.0. The fourth-order valence-corrected chi connectivity index (χ4v) is 2.68. The van der Waals surface area contributed by atoms with Crippen molar-refractivity contribution in [1.29, 1.82) is 0 Å². The summed E-state index contributed by atoms with van der Waals surface area (Å²) in [6.07, 6.45) is 3.34.